The van der Waals surface area contributed by atoms with Crippen molar-refractivity contribution in [1.82, 2.24) is 5.32 Å². The summed E-state index contributed by atoms with van der Waals surface area (Å²) in [5, 5.41) is 10.9. The van der Waals surface area contributed by atoms with E-state index >= 15 is 0 Å². The van der Waals surface area contributed by atoms with Crippen molar-refractivity contribution in [3.63, 3.8) is 0 Å². The van der Waals surface area contributed by atoms with Crippen molar-refractivity contribution in [2.75, 3.05) is 10.6 Å². The van der Waals surface area contributed by atoms with Gasteiger partial charge in [-0.15, -0.1) is 0 Å². The standard InChI is InChI=1S/C27H35N3/c1-16-12-18(3)26(19(4)13-16)28-22(7)24-10-9-11-25(30-24)23(8)29-27-20(5)14-17(2)15-21(27)6/h9-10,12-15,28-30H,11H2,1-8H3/b24-22-,25-23-. The van der Waals surface area contributed by atoms with Crippen molar-refractivity contribution in [2.24, 2.45) is 0 Å². The van der Waals surface area contributed by atoms with E-state index in [4.69, 9.17) is 0 Å². The third-order valence-electron chi connectivity index (χ3n) is 5.73. The first kappa shape index (κ1) is 21.8. The van der Waals surface area contributed by atoms with Gasteiger partial charge in [0.25, 0.3) is 0 Å². The Hall–Kier alpha value is -2.94. The van der Waals surface area contributed by atoms with Gasteiger partial charge in [-0.05, 0) is 83.7 Å². The van der Waals surface area contributed by atoms with Crippen LogP contribution in [0.3, 0.4) is 0 Å². The number of allylic oxidation sites excluding steroid dienone is 4. The van der Waals surface area contributed by atoms with E-state index in [-0.39, 0.29) is 0 Å². The van der Waals surface area contributed by atoms with Crippen LogP contribution >= 0.6 is 0 Å². The number of benzene rings is 2. The van der Waals surface area contributed by atoms with Gasteiger partial charge < -0.3 is 16.0 Å². The molecule has 3 nitrogen and oxygen atoms in total. The van der Waals surface area contributed by atoms with Crippen molar-refractivity contribution in [3.8, 4) is 0 Å². The molecule has 3 heteroatoms. The third-order valence-corrected chi connectivity index (χ3v) is 5.73. The highest BCUT2D eigenvalue weighted by molar-refractivity contribution is 5.63. The highest BCUT2D eigenvalue weighted by Gasteiger charge is 2.13. The van der Waals surface area contributed by atoms with Gasteiger partial charge in [-0.25, -0.2) is 0 Å². The Bertz CT molecular complexity index is 1020. The van der Waals surface area contributed by atoms with Crippen LogP contribution in [0.5, 0.6) is 0 Å². The van der Waals surface area contributed by atoms with Gasteiger partial charge in [0, 0.05) is 34.9 Å². The molecule has 1 aliphatic rings. The number of hydrogen-bond donors (Lipinski definition) is 3. The maximum atomic E-state index is 3.65. The van der Waals surface area contributed by atoms with E-state index < -0.39 is 0 Å². The number of nitrogens with one attached hydrogen (secondary N) is 3. The van der Waals surface area contributed by atoms with E-state index in [9.17, 15) is 0 Å². The minimum atomic E-state index is 0.891. The third kappa shape index (κ3) is 4.79. The Morgan fingerprint density at radius 2 is 1.13 bits per heavy atom. The topological polar surface area (TPSA) is 36.1 Å². The van der Waals surface area contributed by atoms with Crippen molar-refractivity contribution >= 4 is 11.4 Å². The molecule has 3 N–H and O–H groups in total. The minimum Gasteiger partial charge on any atom is -0.357 e. The maximum Gasteiger partial charge on any atom is 0.0572 e. The van der Waals surface area contributed by atoms with E-state index in [1.54, 1.807) is 0 Å². The largest absolute Gasteiger partial charge is 0.357 e. The molecule has 0 amide bonds. The summed E-state index contributed by atoms with van der Waals surface area (Å²) in [5.41, 5.74) is 14.7. The van der Waals surface area contributed by atoms with Crippen molar-refractivity contribution < 1.29 is 0 Å². The molecule has 0 saturated heterocycles. The lowest BCUT2D eigenvalue weighted by Gasteiger charge is -2.23. The van der Waals surface area contributed by atoms with Crippen LogP contribution in [0.1, 0.15) is 53.6 Å². The average Bonchev–Trinajstić information content (AvgIpc) is 2.67. The van der Waals surface area contributed by atoms with Gasteiger partial charge in [0.15, 0.2) is 0 Å². The van der Waals surface area contributed by atoms with Gasteiger partial charge in [0.05, 0.1) is 5.70 Å². The molecule has 1 aliphatic heterocycles. The van der Waals surface area contributed by atoms with E-state index in [0.717, 1.165) is 23.5 Å². The summed E-state index contributed by atoms with van der Waals surface area (Å²) < 4.78 is 0. The van der Waals surface area contributed by atoms with Crippen LogP contribution in [0, 0.1) is 41.5 Å². The molecule has 3 rings (SSSR count). The van der Waals surface area contributed by atoms with E-state index in [2.05, 4.69) is 108 Å². The monoisotopic (exact) mass is 401 g/mol. The summed E-state index contributed by atoms with van der Waals surface area (Å²) in [5.74, 6) is 0. The summed E-state index contributed by atoms with van der Waals surface area (Å²) in [7, 11) is 0. The molecule has 30 heavy (non-hydrogen) atoms. The lowest BCUT2D eigenvalue weighted by molar-refractivity contribution is 0.881. The predicted octanol–water partition coefficient (Wildman–Crippen LogP) is 7.07. The fraction of sp³-hybridized carbons (Fsp3) is 0.333. The molecule has 1 heterocycles. The molecule has 0 aliphatic carbocycles. The van der Waals surface area contributed by atoms with Gasteiger partial charge in [-0.1, -0.05) is 41.5 Å². The van der Waals surface area contributed by atoms with E-state index in [0.29, 0.717) is 0 Å². The molecule has 0 bridgehead atoms. The summed E-state index contributed by atoms with van der Waals surface area (Å²) >= 11 is 0. The summed E-state index contributed by atoms with van der Waals surface area (Å²) in [4.78, 5) is 0. The number of hydrogen-bond acceptors (Lipinski definition) is 3. The fourth-order valence-corrected chi connectivity index (χ4v) is 4.29. The molecule has 0 atom stereocenters. The minimum absolute atomic E-state index is 0.891. The van der Waals surface area contributed by atoms with Crippen molar-refractivity contribution in [1.29, 1.82) is 0 Å². The first-order valence-corrected chi connectivity index (χ1v) is 10.7. The van der Waals surface area contributed by atoms with Crippen LogP contribution in [0.25, 0.3) is 0 Å². The lowest BCUT2D eigenvalue weighted by atomic mass is 10.0. The SMILES string of the molecule is C/C(Nc1c(C)cc(C)cc1C)=C1\C=CC/C(=C(\C)Nc2c(C)cc(C)cc2C)N1. The summed E-state index contributed by atoms with van der Waals surface area (Å²) in [6, 6.07) is 8.91. The zero-order chi connectivity index (χ0) is 22.0. The Morgan fingerprint density at radius 3 is 1.60 bits per heavy atom. The second kappa shape index (κ2) is 8.83. The van der Waals surface area contributed by atoms with E-state index in [1.807, 2.05) is 0 Å². The molecule has 0 saturated carbocycles. The van der Waals surface area contributed by atoms with Gasteiger partial charge in [-0.3, -0.25) is 0 Å². The first-order valence-electron chi connectivity index (χ1n) is 10.7. The second-order valence-electron chi connectivity index (χ2n) is 8.67. The van der Waals surface area contributed by atoms with Crippen LogP contribution < -0.4 is 16.0 Å². The summed E-state index contributed by atoms with van der Waals surface area (Å²) in [6.07, 6.45) is 5.28. The molecule has 0 spiro atoms. The number of anilines is 2. The lowest BCUT2D eigenvalue weighted by Crippen LogP contribution is -2.21. The normalized spacial score (nSPS) is 16.8. The Kier molecular flexibility index (Phi) is 6.40. The first-order chi connectivity index (χ1) is 14.2. The molecular formula is C27H35N3. The summed E-state index contributed by atoms with van der Waals surface area (Å²) in [6.45, 7) is 17.2. The Balaban J connectivity index is 1.85. The average molecular weight is 402 g/mol. The Morgan fingerprint density at radius 1 is 0.700 bits per heavy atom. The van der Waals surface area contributed by atoms with Crippen LogP contribution in [-0.4, -0.2) is 0 Å². The smallest absolute Gasteiger partial charge is 0.0572 e. The molecule has 2 aromatic rings. The fourth-order valence-electron chi connectivity index (χ4n) is 4.29. The van der Waals surface area contributed by atoms with Crippen LogP contribution in [-0.2, 0) is 0 Å². The molecule has 158 valence electrons. The zero-order valence-corrected chi connectivity index (χ0v) is 19.7. The number of aryl methyl sites for hydroxylation is 6. The van der Waals surface area contributed by atoms with Crippen molar-refractivity contribution in [3.05, 3.63) is 92.6 Å². The van der Waals surface area contributed by atoms with Crippen molar-refractivity contribution in [2.45, 2.75) is 61.8 Å². The zero-order valence-electron chi connectivity index (χ0n) is 19.7. The van der Waals surface area contributed by atoms with Gasteiger partial charge in [-0.2, -0.15) is 0 Å². The molecule has 0 unspecified atom stereocenters. The highest BCUT2D eigenvalue weighted by atomic mass is 15.0. The quantitative estimate of drug-likeness (QED) is 0.512. The molecule has 0 radical (unpaired) electrons. The number of rotatable bonds is 4. The maximum absolute atomic E-state index is 3.65. The Labute approximate surface area is 182 Å². The predicted molar refractivity (Wildman–Crippen MR) is 131 cm³/mol. The van der Waals surface area contributed by atoms with Crippen LogP contribution in [0.2, 0.25) is 0 Å². The molecular weight excluding hydrogens is 366 g/mol. The second-order valence-corrected chi connectivity index (χ2v) is 8.67. The molecule has 0 fully saturated rings. The highest BCUT2D eigenvalue weighted by Crippen LogP contribution is 2.27. The van der Waals surface area contributed by atoms with E-state index in [1.165, 1.54) is 50.5 Å². The van der Waals surface area contributed by atoms with Crippen LogP contribution in [0.15, 0.2) is 59.2 Å². The molecule has 0 aromatic heterocycles. The van der Waals surface area contributed by atoms with Gasteiger partial charge in [0.2, 0.25) is 0 Å². The van der Waals surface area contributed by atoms with Gasteiger partial charge in [0.1, 0.15) is 0 Å². The molecule has 2 aromatic carbocycles. The van der Waals surface area contributed by atoms with Gasteiger partial charge >= 0.3 is 0 Å². The van der Waals surface area contributed by atoms with Crippen LogP contribution in [0.4, 0.5) is 11.4 Å².